The highest BCUT2D eigenvalue weighted by atomic mass is 35.5. The Hall–Kier alpha value is -4.01. The van der Waals surface area contributed by atoms with Gasteiger partial charge in [-0.1, -0.05) is 11.6 Å². The molecule has 0 radical (unpaired) electrons. The van der Waals surface area contributed by atoms with Gasteiger partial charge < -0.3 is 4.74 Å². The van der Waals surface area contributed by atoms with Gasteiger partial charge in [0.15, 0.2) is 0 Å². The van der Waals surface area contributed by atoms with E-state index in [-0.39, 0.29) is 11.6 Å². The van der Waals surface area contributed by atoms with E-state index in [0.29, 0.717) is 22.8 Å². The van der Waals surface area contributed by atoms with Crippen LogP contribution in [-0.4, -0.2) is 27.5 Å². The Kier molecular flexibility index (Phi) is 6.30. The lowest BCUT2D eigenvalue weighted by molar-refractivity contribution is -0.384. The Balaban J connectivity index is 1.55. The molecule has 0 aliphatic rings. The monoisotopic (exact) mass is 517 g/mol. The van der Waals surface area contributed by atoms with E-state index in [9.17, 15) is 14.9 Å². The molecule has 2 aromatic heterocycles. The third-order valence-electron chi connectivity index (χ3n) is 6.09. The van der Waals surface area contributed by atoms with Crippen molar-refractivity contribution in [3.05, 3.63) is 109 Å². The number of hydrogen-bond acceptors (Lipinski definition) is 6. The molecule has 0 saturated carbocycles. The molecule has 0 atom stereocenters. The van der Waals surface area contributed by atoms with Crippen molar-refractivity contribution in [3.8, 4) is 17.0 Å². The molecule has 9 heteroatoms. The summed E-state index contributed by atoms with van der Waals surface area (Å²) in [5, 5.41) is 15.2. The molecule has 0 bridgehead atoms. The normalized spacial score (nSPS) is 11.1. The van der Waals surface area contributed by atoms with Crippen molar-refractivity contribution in [2.45, 2.75) is 13.3 Å². The predicted molar refractivity (Wildman–Crippen MR) is 141 cm³/mol. The lowest BCUT2D eigenvalue weighted by Crippen LogP contribution is -2.13. The fourth-order valence-corrected chi connectivity index (χ4v) is 5.17. The molecule has 0 aliphatic heterocycles. The van der Waals surface area contributed by atoms with Crippen LogP contribution in [-0.2, 0) is 6.42 Å². The van der Waals surface area contributed by atoms with Gasteiger partial charge in [-0.3, -0.25) is 19.5 Å². The van der Waals surface area contributed by atoms with Gasteiger partial charge in [-0.05, 0) is 67.1 Å². The number of carbonyl (C=O) groups is 1. The average Bonchev–Trinajstić information content (AvgIpc) is 3.46. The molecule has 180 valence electrons. The van der Waals surface area contributed by atoms with Crippen LogP contribution < -0.4 is 4.74 Å². The van der Waals surface area contributed by atoms with Crippen molar-refractivity contribution in [3.63, 3.8) is 0 Å². The minimum absolute atomic E-state index is 0.0388. The lowest BCUT2D eigenvalue weighted by atomic mass is 10.1. The number of non-ortho nitro benzene ring substituents is 1. The van der Waals surface area contributed by atoms with Crippen molar-refractivity contribution in [1.29, 1.82) is 0 Å². The number of thiazole rings is 1. The molecule has 5 rings (SSSR count). The van der Waals surface area contributed by atoms with Crippen LogP contribution in [0.2, 0.25) is 5.02 Å². The number of methoxy groups -OCH3 is 1. The highest BCUT2D eigenvalue weighted by molar-refractivity contribution is 7.10. The first kappa shape index (κ1) is 23.7. The van der Waals surface area contributed by atoms with Gasteiger partial charge in [-0.15, -0.1) is 11.3 Å². The molecule has 0 amide bonds. The molecular weight excluding hydrogens is 498 g/mol. The third kappa shape index (κ3) is 4.36. The number of aromatic nitrogens is 2. The molecule has 0 aliphatic carbocycles. The SMILES string of the molecule is COc1ccc2c(c1)c(Cc1nc(-c3ccc([N+](=O)[O-])cc3)cs1)c(C)n2C(=O)c1ccc(Cl)cc1. The number of benzene rings is 3. The second-order valence-electron chi connectivity index (χ2n) is 8.20. The van der Waals surface area contributed by atoms with E-state index in [2.05, 4.69) is 0 Å². The topological polar surface area (TPSA) is 87.3 Å². The maximum atomic E-state index is 13.5. The lowest BCUT2D eigenvalue weighted by Gasteiger charge is -2.08. The summed E-state index contributed by atoms with van der Waals surface area (Å²) in [5.41, 5.74) is 4.73. The number of nitro groups is 1. The van der Waals surface area contributed by atoms with E-state index in [4.69, 9.17) is 21.3 Å². The van der Waals surface area contributed by atoms with Gasteiger partial charge >= 0.3 is 0 Å². The first-order valence-corrected chi connectivity index (χ1v) is 12.3. The molecule has 2 heterocycles. The summed E-state index contributed by atoms with van der Waals surface area (Å²) in [7, 11) is 1.61. The number of carbonyl (C=O) groups excluding carboxylic acids is 1. The maximum absolute atomic E-state index is 13.5. The van der Waals surface area contributed by atoms with Gasteiger partial charge in [0.25, 0.3) is 11.6 Å². The summed E-state index contributed by atoms with van der Waals surface area (Å²) >= 11 is 7.52. The first-order valence-electron chi connectivity index (χ1n) is 11.0. The summed E-state index contributed by atoms with van der Waals surface area (Å²) in [5.74, 6) is 0.557. The molecule has 0 unspecified atom stereocenters. The quantitative estimate of drug-likeness (QED) is 0.180. The first-order chi connectivity index (χ1) is 17.4. The zero-order valence-corrected chi connectivity index (χ0v) is 21.0. The maximum Gasteiger partial charge on any atom is 0.269 e. The Bertz CT molecular complexity index is 1610. The molecular formula is C27H20ClN3O4S. The predicted octanol–water partition coefficient (Wildman–Crippen LogP) is 6.92. The molecule has 5 aromatic rings. The van der Waals surface area contributed by atoms with Crippen LogP contribution in [0.3, 0.4) is 0 Å². The Morgan fingerprint density at radius 1 is 1.11 bits per heavy atom. The van der Waals surface area contributed by atoms with Crippen LogP contribution in [0.1, 0.15) is 26.6 Å². The minimum Gasteiger partial charge on any atom is -0.497 e. The number of halogens is 1. The fraction of sp³-hybridized carbons (Fsp3) is 0.111. The van der Waals surface area contributed by atoms with Crippen LogP contribution in [0.5, 0.6) is 5.75 Å². The van der Waals surface area contributed by atoms with Gasteiger partial charge in [0.2, 0.25) is 0 Å². The highest BCUT2D eigenvalue weighted by Crippen LogP contribution is 2.33. The van der Waals surface area contributed by atoms with Crippen LogP contribution in [0, 0.1) is 17.0 Å². The second kappa shape index (κ2) is 9.56. The van der Waals surface area contributed by atoms with E-state index in [0.717, 1.165) is 38.4 Å². The van der Waals surface area contributed by atoms with Crippen molar-refractivity contribution >= 4 is 45.4 Å². The largest absolute Gasteiger partial charge is 0.497 e. The Morgan fingerprint density at radius 2 is 1.83 bits per heavy atom. The van der Waals surface area contributed by atoms with Crippen molar-refractivity contribution in [2.24, 2.45) is 0 Å². The fourth-order valence-electron chi connectivity index (χ4n) is 4.23. The van der Waals surface area contributed by atoms with Crippen LogP contribution >= 0.6 is 22.9 Å². The van der Waals surface area contributed by atoms with Gasteiger partial charge in [0, 0.05) is 51.2 Å². The van der Waals surface area contributed by atoms with Crippen molar-refractivity contribution < 1.29 is 14.5 Å². The van der Waals surface area contributed by atoms with Gasteiger partial charge in [-0.2, -0.15) is 0 Å². The Morgan fingerprint density at radius 3 is 2.50 bits per heavy atom. The summed E-state index contributed by atoms with van der Waals surface area (Å²) in [4.78, 5) is 28.8. The van der Waals surface area contributed by atoms with Crippen LogP contribution in [0.25, 0.3) is 22.2 Å². The highest BCUT2D eigenvalue weighted by Gasteiger charge is 2.21. The second-order valence-corrected chi connectivity index (χ2v) is 9.58. The molecule has 0 N–H and O–H groups in total. The molecule has 0 fully saturated rings. The number of fused-ring (bicyclic) bond motifs is 1. The zero-order valence-electron chi connectivity index (χ0n) is 19.4. The van der Waals surface area contributed by atoms with E-state index >= 15 is 0 Å². The number of nitro benzene ring substituents is 1. The summed E-state index contributed by atoms with van der Waals surface area (Å²) < 4.78 is 7.17. The number of ether oxygens (including phenoxy) is 1. The van der Waals surface area contributed by atoms with Gasteiger partial charge in [-0.25, -0.2) is 4.98 Å². The van der Waals surface area contributed by atoms with E-state index in [1.54, 1.807) is 48.1 Å². The zero-order chi connectivity index (χ0) is 25.4. The van der Waals surface area contributed by atoms with Gasteiger partial charge in [0.05, 0.1) is 28.3 Å². The van der Waals surface area contributed by atoms with Crippen LogP contribution in [0.4, 0.5) is 5.69 Å². The third-order valence-corrected chi connectivity index (χ3v) is 7.19. The summed E-state index contributed by atoms with van der Waals surface area (Å²) in [6.45, 7) is 1.93. The summed E-state index contributed by atoms with van der Waals surface area (Å²) in [6, 6.07) is 18.9. The van der Waals surface area contributed by atoms with Crippen LogP contribution in [0.15, 0.2) is 72.1 Å². The molecule has 0 spiro atoms. The molecule has 36 heavy (non-hydrogen) atoms. The number of hydrogen-bond donors (Lipinski definition) is 0. The van der Waals surface area contributed by atoms with Crippen molar-refractivity contribution in [2.75, 3.05) is 7.11 Å². The van der Waals surface area contributed by atoms with E-state index in [1.807, 2.05) is 30.5 Å². The summed E-state index contributed by atoms with van der Waals surface area (Å²) in [6.07, 6.45) is 0.522. The molecule has 7 nitrogen and oxygen atoms in total. The average molecular weight is 518 g/mol. The standard InChI is InChI=1S/C27H20ClN3O4S/c1-16-22(14-26-29-24(15-36-26)17-5-9-20(10-6-17)31(33)34)23-13-21(35-2)11-12-25(23)30(16)27(32)18-3-7-19(28)8-4-18/h3-13,15H,14H2,1-2H3. The van der Waals surface area contributed by atoms with Crippen molar-refractivity contribution in [1.82, 2.24) is 9.55 Å². The Labute approximate surface area is 215 Å². The number of nitrogens with zero attached hydrogens (tertiary/aromatic N) is 3. The smallest absolute Gasteiger partial charge is 0.269 e. The van der Waals surface area contributed by atoms with Gasteiger partial charge in [0.1, 0.15) is 5.75 Å². The van der Waals surface area contributed by atoms with E-state index in [1.165, 1.54) is 23.5 Å². The number of rotatable bonds is 6. The minimum atomic E-state index is -0.422. The van der Waals surface area contributed by atoms with E-state index < -0.39 is 4.92 Å². The molecule has 3 aromatic carbocycles. The molecule has 0 saturated heterocycles.